The maximum atomic E-state index is 10.7. The number of hydrogen-bond donors (Lipinski definition) is 3. The highest BCUT2D eigenvalue weighted by Crippen LogP contribution is 2.03. The minimum atomic E-state index is -0.0615. The molecule has 0 aromatic heterocycles. The number of nitrogens with two attached hydrogens (primary N) is 2. The summed E-state index contributed by atoms with van der Waals surface area (Å²) < 4.78 is 0. The maximum absolute atomic E-state index is 10.7. The predicted octanol–water partition coefficient (Wildman–Crippen LogP) is 1.47. The first-order valence-corrected chi connectivity index (χ1v) is 5.55. The zero-order chi connectivity index (χ0) is 11.9. The Morgan fingerprint density at radius 2 is 1.73 bits per heavy atom. The van der Waals surface area contributed by atoms with Crippen LogP contribution in [0.25, 0.3) is 0 Å². The summed E-state index contributed by atoms with van der Waals surface area (Å²) in [6.07, 6.45) is 8.85. The molecular weight excluding hydrogens is 190 g/mol. The average Bonchev–Trinajstić information content (AvgIpc) is 2.30. The second kappa shape index (κ2) is 15.6. The van der Waals surface area contributed by atoms with Gasteiger partial charge in [0.25, 0.3) is 0 Å². The molecule has 0 unspecified atom stereocenters. The van der Waals surface area contributed by atoms with E-state index in [1.54, 1.807) is 0 Å². The smallest absolute Gasteiger partial charge is 0.243 e. The van der Waals surface area contributed by atoms with Crippen molar-refractivity contribution in [2.24, 2.45) is 11.7 Å². The van der Waals surface area contributed by atoms with Gasteiger partial charge in [0.1, 0.15) is 0 Å². The Balaban J connectivity index is 0. The van der Waals surface area contributed by atoms with Crippen LogP contribution in [0.15, 0.2) is 12.7 Å². The van der Waals surface area contributed by atoms with Crippen LogP contribution in [0.5, 0.6) is 0 Å². The van der Waals surface area contributed by atoms with Crippen molar-refractivity contribution in [1.29, 1.82) is 0 Å². The molecule has 4 heteroatoms. The normalized spacial score (nSPS) is 8.73. The van der Waals surface area contributed by atoms with Gasteiger partial charge in [-0.2, -0.15) is 0 Å². The van der Waals surface area contributed by atoms with Gasteiger partial charge in [0, 0.05) is 6.54 Å². The van der Waals surface area contributed by atoms with Crippen LogP contribution in [-0.4, -0.2) is 12.5 Å². The first-order chi connectivity index (χ1) is 7.31. The lowest BCUT2D eigenvalue weighted by Crippen LogP contribution is -2.21. The second-order valence-electron chi connectivity index (χ2n) is 3.26. The predicted molar refractivity (Wildman–Crippen MR) is 65.0 cm³/mol. The highest BCUT2D eigenvalue weighted by Gasteiger charge is 1.92. The Morgan fingerprint density at radius 3 is 2.27 bits per heavy atom. The summed E-state index contributed by atoms with van der Waals surface area (Å²) >= 11 is 0. The van der Waals surface area contributed by atoms with Crippen LogP contribution in [0.3, 0.4) is 0 Å². The van der Waals surface area contributed by atoms with Crippen LogP contribution in [0.1, 0.15) is 45.4 Å². The molecule has 0 atom stereocenters. The number of carbonyl (C=O) groups is 1. The Hall–Kier alpha value is -0.870. The number of hydrogen-bond acceptors (Lipinski definition) is 3. The number of carbonyl (C=O) groups excluding carboxylic acids is 1. The summed E-state index contributed by atoms with van der Waals surface area (Å²) in [5.41, 5.74) is 0. The fourth-order valence-electron chi connectivity index (χ4n) is 1.19. The Labute approximate surface area is 93.1 Å². The zero-order valence-corrected chi connectivity index (χ0v) is 9.80. The highest BCUT2D eigenvalue weighted by atomic mass is 16.1. The number of hydrazine groups is 1. The van der Waals surface area contributed by atoms with Gasteiger partial charge in [-0.25, -0.2) is 0 Å². The van der Waals surface area contributed by atoms with Crippen molar-refractivity contribution in [1.82, 2.24) is 5.32 Å². The van der Waals surface area contributed by atoms with Gasteiger partial charge in [-0.3, -0.25) is 16.5 Å². The van der Waals surface area contributed by atoms with E-state index in [2.05, 4.69) is 30.5 Å². The molecule has 0 aromatic rings. The third-order valence-electron chi connectivity index (χ3n) is 2.01. The molecule has 15 heavy (non-hydrogen) atoms. The molecule has 0 aliphatic rings. The zero-order valence-electron chi connectivity index (χ0n) is 9.80. The number of unbranched alkanes of at least 4 members (excludes halogenated alkanes) is 5. The van der Waals surface area contributed by atoms with Crippen molar-refractivity contribution in [3.05, 3.63) is 12.7 Å². The average molecular weight is 215 g/mol. The van der Waals surface area contributed by atoms with E-state index < -0.39 is 0 Å². The monoisotopic (exact) mass is 215 g/mol. The van der Waals surface area contributed by atoms with Gasteiger partial charge in [0.05, 0.1) is 0 Å². The standard InChI is InChI=1S/C11H21NO.H4N2/c1-3-5-6-7-8-9-10-12-11(13)4-2;1-2/h4H,2-3,5-10H2,1H3,(H,12,13);1-2H2. The Bertz CT molecular complexity index is 149. The van der Waals surface area contributed by atoms with Crippen LogP contribution >= 0.6 is 0 Å². The van der Waals surface area contributed by atoms with Crippen LogP contribution < -0.4 is 17.0 Å². The summed E-state index contributed by atoms with van der Waals surface area (Å²) in [6, 6.07) is 0. The molecule has 0 spiro atoms. The summed E-state index contributed by atoms with van der Waals surface area (Å²) in [7, 11) is 0. The molecule has 0 aliphatic carbocycles. The van der Waals surface area contributed by atoms with Crippen molar-refractivity contribution in [3.8, 4) is 0 Å². The van der Waals surface area contributed by atoms with E-state index in [0.717, 1.165) is 13.0 Å². The first kappa shape index (κ1) is 16.6. The summed E-state index contributed by atoms with van der Waals surface area (Å²) in [6.45, 7) is 6.39. The molecule has 0 saturated heterocycles. The Kier molecular flexibility index (Phi) is 17.2. The lowest BCUT2D eigenvalue weighted by molar-refractivity contribution is -0.116. The van der Waals surface area contributed by atoms with E-state index in [1.807, 2.05) is 0 Å². The largest absolute Gasteiger partial charge is 0.353 e. The van der Waals surface area contributed by atoms with Crippen molar-refractivity contribution >= 4 is 5.91 Å². The maximum Gasteiger partial charge on any atom is 0.243 e. The van der Waals surface area contributed by atoms with E-state index >= 15 is 0 Å². The van der Waals surface area contributed by atoms with Crippen LogP contribution in [0, 0.1) is 0 Å². The number of rotatable bonds is 8. The van der Waals surface area contributed by atoms with E-state index in [9.17, 15) is 4.79 Å². The van der Waals surface area contributed by atoms with Gasteiger partial charge in [0.15, 0.2) is 0 Å². The summed E-state index contributed by atoms with van der Waals surface area (Å²) in [5, 5.41) is 2.77. The van der Waals surface area contributed by atoms with E-state index in [4.69, 9.17) is 0 Å². The number of nitrogens with one attached hydrogen (secondary N) is 1. The second-order valence-corrected chi connectivity index (χ2v) is 3.26. The molecule has 5 N–H and O–H groups in total. The van der Waals surface area contributed by atoms with Gasteiger partial charge in [-0.1, -0.05) is 45.6 Å². The van der Waals surface area contributed by atoms with Crippen molar-refractivity contribution in [3.63, 3.8) is 0 Å². The SMILES string of the molecule is C=CC(=O)NCCCCCCCC.NN. The minimum absolute atomic E-state index is 0.0615. The van der Waals surface area contributed by atoms with E-state index in [1.165, 1.54) is 38.2 Å². The van der Waals surface area contributed by atoms with Crippen LogP contribution in [0.2, 0.25) is 0 Å². The molecule has 90 valence electrons. The van der Waals surface area contributed by atoms with Crippen LogP contribution in [-0.2, 0) is 4.79 Å². The van der Waals surface area contributed by atoms with Gasteiger partial charge in [-0.15, -0.1) is 0 Å². The number of amides is 1. The molecule has 0 saturated carbocycles. The molecule has 0 rings (SSSR count). The van der Waals surface area contributed by atoms with E-state index in [-0.39, 0.29) is 5.91 Å². The topological polar surface area (TPSA) is 81.1 Å². The lowest BCUT2D eigenvalue weighted by atomic mass is 10.1. The third kappa shape index (κ3) is 15.9. The van der Waals surface area contributed by atoms with Gasteiger partial charge in [-0.05, 0) is 12.5 Å². The summed E-state index contributed by atoms with van der Waals surface area (Å²) in [4.78, 5) is 10.7. The van der Waals surface area contributed by atoms with Crippen molar-refractivity contribution < 1.29 is 4.79 Å². The lowest BCUT2D eigenvalue weighted by Gasteiger charge is -2.01. The quantitative estimate of drug-likeness (QED) is 0.248. The summed E-state index contributed by atoms with van der Waals surface area (Å²) in [5.74, 6) is 7.94. The molecule has 0 aromatic carbocycles. The molecule has 0 radical (unpaired) electrons. The molecule has 0 bridgehead atoms. The van der Waals surface area contributed by atoms with Crippen LogP contribution in [0.4, 0.5) is 0 Å². The first-order valence-electron chi connectivity index (χ1n) is 5.55. The Morgan fingerprint density at radius 1 is 1.20 bits per heavy atom. The molecule has 0 fully saturated rings. The van der Waals surface area contributed by atoms with Crippen molar-refractivity contribution in [2.45, 2.75) is 45.4 Å². The van der Waals surface area contributed by atoms with Crippen molar-refractivity contribution in [2.75, 3.05) is 6.54 Å². The fourth-order valence-corrected chi connectivity index (χ4v) is 1.19. The van der Waals surface area contributed by atoms with Gasteiger partial charge in [0.2, 0.25) is 5.91 Å². The van der Waals surface area contributed by atoms with E-state index in [0.29, 0.717) is 0 Å². The van der Waals surface area contributed by atoms with Gasteiger partial charge < -0.3 is 5.32 Å². The highest BCUT2D eigenvalue weighted by molar-refractivity contribution is 5.86. The fraction of sp³-hybridized carbons (Fsp3) is 0.727. The third-order valence-corrected chi connectivity index (χ3v) is 2.01. The van der Waals surface area contributed by atoms with Gasteiger partial charge >= 0.3 is 0 Å². The molecule has 1 amide bonds. The molecule has 0 heterocycles. The molecule has 0 aliphatic heterocycles. The minimum Gasteiger partial charge on any atom is -0.353 e. The molecule has 4 nitrogen and oxygen atoms in total. The molecular formula is C11H25N3O.